The number of hydrogen-bond acceptors (Lipinski definition) is 5. The molecule has 0 aliphatic carbocycles. The molecular formula is C16H17N3O4S. The summed E-state index contributed by atoms with van der Waals surface area (Å²) >= 11 is 0. The molecule has 3 rings (SSSR count). The predicted molar refractivity (Wildman–Crippen MR) is 90.7 cm³/mol. The number of nitrogens with zero attached hydrogens (tertiary/aromatic N) is 3. The molecule has 1 aromatic carbocycles. The first kappa shape index (κ1) is 16.4. The van der Waals surface area contributed by atoms with Crippen LogP contribution in [0.5, 0.6) is 0 Å². The summed E-state index contributed by atoms with van der Waals surface area (Å²) in [5, 5.41) is 5.37. The van der Waals surface area contributed by atoms with E-state index in [1.54, 1.807) is 16.9 Å². The molecule has 7 nitrogen and oxygen atoms in total. The van der Waals surface area contributed by atoms with E-state index in [0.717, 1.165) is 28.5 Å². The SMILES string of the molecule is Cc1c2cc(-n3ccc(COS(C)(=O)=O)cc3=O)ccc2nn1C. The van der Waals surface area contributed by atoms with Crippen molar-refractivity contribution >= 4 is 21.0 Å². The molecule has 0 aliphatic heterocycles. The fourth-order valence-electron chi connectivity index (χ4n) is 2.46. The molecule has 2 heterocycles. The van der Waals surface area contributed by atoms with Crippen LogP contribution in [-0.2, 0) is 28.0 Å². The van der Waals surface area contributed by atoms with Gasteiger partial charge in [-0.15, -0.1) is 0 Å². The minimum absolute atomic E-state index is 0.157. The van der Waals surface area contributed by atoms with E-state index in [1.807, 2.05) is 32.2 Å². The van der Waals surface area contributed by atoms with Crippen LogP contribution in [0.2, 0.25) is 0 Å². The average molecular weight is 347 g/mol. The van der Waals surface area contributed by atoms with Crippen LogP contribution in [0.25, 0.3) is 16.6 Å². The second-order valence-corrected chi connectivity index (χ2v) is 7.26. The van der Waals surface area contributed by atoms with Crippen molar-refractivity contribution in [3.63, 3.8) is 0 Å². The highest BCUT2D eigenvalue weighted by Crippen LogP contribution is 2.20. The minimum atomic E-state index is -3.54. The quantitative estimate of drug-likeness (QED) is 0.668. The summed E-state index contributed by atoms with van der Waals surface area (Å²) in [5.41, 5.74) is 2.84. The van der Waals surface area contributed by atoms with Crippen LogP contribution >= 0.6 is 0 Å². The molecule has 0 bridgehead atoms. The van der Waals surface area contributed by atoms with Crippen molar-refractivity contribution in [2.45, 2.75) is 13.5 Å². The zero-order valence-corrected chi connectivity index (χ0v) is 14.4. The third kappa shape index (κ3) is 3.24. The van der Waals surface area contributed by atoms with Crippen molar-refractivity contribution in [2.75, 3.05) is 6.26 Å². The summed E-state index contributed by atoms with van der Waals surface area (Å²) in [4.78, 5) is 12.3. The van der Waals surface area contributed by atoms with Crippen LogP contribution in [0.15, 0.2) is 41.3 Å². The van der Waals surface area contributed by atoms with Gasteiger partial charge in [0.25, 0.3) is 15.7 Å². The van der Waals surface area contributed by atoms with Crippen LogP contribution in [0, 0.1) is 6.92 Å². The molecule has 8 heteroatoms. The Morgan fingerprint density at radius 1 is 1.21 bits per heavy atom. The summed E-state index contributed by atoms with van der Waals surface area (Å²) in [6.45, 7) is 1.81. The molecule has 0 fully saturated rings. The van der Waals surface area contributed by atoms with E-state index in [4.69, 9.17) is 4.18 Å². The van der Waals surface area contributed by atoms with Gasteiger partial charge in [0.2, 0.25) is 0 Å². The lowest BCUT2D eigenvalue weighted by atomic mass is 10.2. The Labute approximate surface area is 139 Å². The third-order valence-corrected chi connectivity index (χ3v) is 4.36. The Bertz CT molecular complexity index is 1080. The number of hydrogen-bond donors (Lipinski definition) is 0. The van der Waals surface area contributed by atoms with E-state index < -0.39 is 10.1 Å². The van der Waals surface area contributed by atoms with Crippen molar-refractivity contribution in [3.05, 3.63) is 58.1 Å². The average Bonchev–Trinajstić information content (AvgIpc) is 2.79. The number of benzene rings is 1. The zero-order chi connectivity index (χ0) is 17.5. The number of pyridine rings is 1. The number of fused-ring (bicyclic) bond motifs is 1. The van der Waals surface area contributed by atoms with Gasteiger partial charge in [0.05, 0.1) is 18.4 Å². The van der Waals surface area contributed by atoms with Gasteiger partial charge in [-0.25, -0.2) is 0 Å². The molecule has 126 valence electrons. The van der Waals surface area contributed by atoms with Crippen LogP contribution in [0.3, 0.4) is 0 Å². The summed E-state index contributed by atoms with van der Waals surface area (Å²) in [6, 6.07) is 8.62. The molecule has 2 aromatic heterocycles. The smallest absolute Gasteiger partial charge is 0.264 e. The molecule has 0 radical (unpaired) electrons. The van der Waals surface area contributed by atoms with Gasteiger partial charge in [-0.1, -0.05) is 0 Å². The van der Waals surface area contributed by atoms with Crippen molar-refractivity contribution in [1.82, 2.24) is 14.3 Å². The van der Waals surface area contributed by atoms with Crippen LogP contribution in [-0.4, -0.2) is 29.0 Å². The maximum absolute atomic E-state index is 12.3. The molecule has 0 spiro atoms. The lowest BCUT2D eigenvalue weighted by Crippen LogP contribution is -2.17. The summed E-state index contributed by atoms with van der Waals surface area (Å²) in [5.74, 6) is 0. The van der Waals surface area contributed by atoms with Crippen molar-refractivity contribution in [1.29, 1.82) is 0 Å². The monoisotopic (exact) mass is 347 g/mol. The van der Waals surface area contributed by atoms with Gasteiger partial charge < -0.3 is 0 Å². The highest BCUT2D eigenvalue weighted by Gasteiger charge is 2.09. The molecule has 0 unspecified atom stereocenters. The Balaban J connectivity index is 1.98. The third-order valence-electron chi connectivity index (χ3n) is 3.81. The maximum Gasteiger partial charge on any atom is 0.264 e. The molecule has 0 atom stereocenters. The lowest BCUT2D eigenvalue weighted by Gasteiger charge is -2.07. The second kappa shape index (κ2) is 5.88. The molecule has 0 amide bonds. The topological polar surface area (TPSA) is 83.2 Å². The zero-order valence-electron chi connectivity index (χ0n) is 13.6. The Morgan fingerprint density at radius 3 is 2.62 bits per heavy atom. The summed E-state index contributed by atoms with van der Waals surface area (Å²) in [7, 11) is -1.67. The fraction of sp³-hybridized carbons (Fsp3) is 0.250. The van der Waals surface area contributed by atoms with Gasteiger partial charge in [0.1, 0.15) is 0 Å². The Hall–Kier alpha value is -2.45. The standard InChI is InChI=1S/C16H17N3O4S/c1-11-14-9-13(4-5-15(14)17-18(11)2)19-7-6-12(8-16(19)20)10-23-24(3,21)22/h4-9H,10H2,1-3H3. The van der Waals surface area contributed by atoms with Crippen molar-refractivity contribution in [2.24, 2.45) is 7.05 Å². The van der Waals surface area contributed by atoms with E-state index in [9.17, 15) is 13.2 Å². The number of aryl methyl sites for hydroxylation is 2. The van der Waals surface area contributed by atoms with E-state index >= 15 is 0 Å². The van der Waals surface area contributed by atoms with E-state index in [1.165, 1.54) is 10.6 Å². The Kier molecular flexibility index (Phi) is 4.02. The van der Waals surface area contributed by atoms with Crippen molar-refractivity contribution in [3.8, 4) is 5.69 Å². The highest BCUT2D eigenvalue weighted by molar-refractivity contribution is 7.85. The first-order chi connectivity index (χ1) is 11.2. The molecule has 24 heavy (non-hydrogen) atoms. The maximum atomic E-state index is 12.3. The highest BCUT2D eigenvalue weighted by atomic mass is 32.2. The van der Waals surface area contributed by atoms with Crippen molar-refractivity contribution < 1.29 is 12.6 Å². The van der Waals surface area contributed by atoms with E-state index in [0.29, 0.717) is 5.56 Å². The van der Waals surface area contributed by atoms with Gasteiger partial charge >= 0.3 is 0 Å². The van der Waals surface area contributed by atoms with Gasteiger partial charge in [0.15, 0.2) is 0 Å². The molecule has 0 N–H and O–H groups in total. The fourth-order valence-corrected chi connectivity index (χ4v) is 2.81. The molecule has 0 saturated carbocycles. The first-order valence-electron chi connectivity index (χ1n) is 7.24. The number of aromatic nitrogens is 3. The molecular weight excluding hydrogens is 330 g/mol. The predicted octanol–water partition coefficient (Wildman–Crippen LogP) is 1.51. The van der Waals surface area contributed by atoms with Crippen LogP contribution in [0.1, 0.15) is 11.3 Å². The van der Waals surface area contributed by atoms with E-state index in [2.05, 4.69) is 5.10 Å². The van der Waals surface area contributed by atoms with E-state index in [-0.39, 0.29) is 12.2 Å². The lowest BCUT2D eigenvalue weighted by molar-refractivity contribution is 0.311. The summed E-state index contributed by atoms with van der Waals surface area (Å²) < 4.78 is 30.0. The first-order valence-corrected chi connectivity index (χ1v) is 9.06. The van der Waals surface area contributed by atoms with Gasteiger partial charge in [-0.05, 0) is 36.8 Å². The second-order valence-electron chi connectivity index (χ2n) is 5.62. The normalized spacial score (nSPS) is 12.0. The largest absolute Gasteiger partial charge is 0.284 e. The minimum Gasteiger partial charge on any atom is -0.284 e. The molecule has 3 aromatic rings. The summed E-state index contributed by atoms with van der Waals surface area (Å²) in [6.07, 6.45) is 2.58. The number of rotatable bonds is 4. The molecule has 0 saturated heterocycles. The Morgan fingerprint density at radius 2 is 1.96 bits per heavy atom. The molecule has 0 aliphatic rings. The van der Waals surface area contributed by atoms with Gasteiger partial charge in [-0.3, -0.25) is 18.2 Å². The van der Waals surface area contributed by atoms with Gasteiger partial charge in [0, 0.05) is 36.1 Å². The van der Waals surface area contributed by atoms with Gasteiger partial charge in [-0.2, -0.15) is 13.5 Å². The van der Waals surface area contributed by atoms with Crippen LogP contribution in [0.4, 0.5) is 0 Å². The van der Waals surface area contributed by atoms with Crippen LogP contribution < -0.4 is 5.56 Å².